The number of aromatic nitrogens is 2. The summed E-state index contributed by atoms with van der Waals surface area (Å²) >= 11 is 2.92. The molecule has 0 saturated carbocycles. The van der Waals surface area contributed by atoms with Crippen LogP contribution in [0.2, 0.25) is 0 Å². The smallest absolute Gasteiger partial charge is 0.267 e. The molecule has 0 spiro atoms. The van der Waals surface area contributed by atoms with Gasteiger partial charge >= 0.3 is 0 Å². The molecule has 1 aromatic carbocycles. The lowest BCUT2D eigenvalue weighted by molar-refractivity contribution is -0.131. The summed E-state index contributed by atoms with van der Waals surface area (Å²) < 4.78 is 7.71. The quantitative estimate of drug-likeness (QED) is 0.371. The molecule has 8 heteroatoms. The van der Waals surface area contributed by atoms with Crippen molar-refractivity contribution >= 4 is 39.2 Å². The molecule has 0 aliphatic carbocycles. The second kappa shape index (κ2) is 9.13. The maximum atomic E-state index is 14.0. The minimum Gasteiger partial charge on any atom is -0.370 e. The number of carbonyl (C=O) groups excluding carboxylic acids is 1. The molecule has 34 heavy (non-hydrogen) atoms. The highest BCUT2D eigenvalue weighted by molar-refractivity contribution is 8.00. The lowest BCUT2D eigenvalue weighted by Gasteiger charge is -2.30. The number of piperidine rings is 1. The zero-order valence-electron chi connectivity index (χ0n) is 20.2. The maximum Gasteiger partial charge on any atom is 0.267 e. The van der Waals surface area contributed by atoms with Gasteiger partial charge < -0.3 is 9.64 Å². The fourth-order valence-corrected chi connectivity index (χ4v) is 6.98. The Morgan fingerprint density at radius 2 is 2.00 bits per heavy atom. The number of hydrogen-bond donors (Lipinski definition) is 0. The maximum absolute atomic E-state index is 14.0. The number of ether oxygens (including phenoxy) is 1. The molecule has 0 unspecified atom stereocenters. The Balaban J connectivity index is 1.62. The zero-order valence-corrected chi connectivity index (χ0v) is 21.9. The fourth-order valence-electron chi connectivity index (χ4n) is 4.83. The van der Waals surface area contributed by atoms with E-state index in [4.69, 9.17) is 9.72 Å². The standard InChI is InChI=1S/C26H31N3O3S2/c1-16-9-8-10-18(13-16)29-24(31)21-19-14-26(3,4)32-15-20(19)34-22(21)27-25(29)33-17(2)23(30)28-11-6-5-7-12-28/h8-10,13,17H,5-7,11-12,14-15H2,1-4H3/t17-/m0/s1. The van der Waals surface area contributed by atoms with Crippen molar-refractivity contribution in [2.45, 2.75) is 76.0 Å². The number of thiophene rings is 1. The number of nitrogens with zero attached hydrogens (tertiary/aromatic N) is 3. The summed E-state index contributed by atoms with van der Waals surface area (Å²) in [5.41, 5.74) is 2.53. The number of amides is 1. The van der Waals surface area contributed by atoms with Crippen molar-refractivity contribution in [3.8, 4) is 5.69 Å². The van der Waals surface area contributed by atoms with Crippen molar-refractivity contribution in [2.24, 2.45) is 0 Å². The van der Waals surface area contributed by atoms with E-state index in [0.29, 0.717) is 23.6 Å². The first-order valence-electron chi connectivity index (χ1n) is 12.0. The average molecular weight is 498 g/mol. The second-order valence-electron chi connectivity index (χ2n) is 9.93. The fraction of sp³-hybridized carbons (Fsp3) is 0.500. The van der Waals surface area contributed by atoms with E-state index in [2.05, 4.69) is 13.8 Å². The normalized spacial score (nSPS) is 18.6. The lowest BCUT2D eigenvalue weighted by Crippen LogP contribution is -2.40. The molecule has 2 aliphatic rings. The molecule has 5 rings (SSSR count). The van der Waals surface area contributed by atoms with Crippen LogP contribution in [0.1, 0.15) is 56.0 Å². The van der Waals surface area contributed by atoms with Gasteiger partial charge in [0.2, 0.25) is 5.91 Å². The van der Waals surface area contributed by atoms with Gasteiger partial charge in [-0.25, -0.2) is 4.98 Å². The summed E-state index contributed by atoms with van der Waals surface area (Å²) in [7, 11) is 0. The number of aryl methyl sites for hydroxylation is 1. The molecular formula is C26H31N3O3S2. The third-order valence-electron chi connectivity index (χ3n) is 6.63. The molecular weight excluding hydrogens is 466 g/mol. The van der Waals surface area contributed by atoms with E-state index in [1.54, 1.807) is 15.9 Å². The van der Waals surface area contributed by atoms with Crippen LogP contribution in [0.4, 0.5) is 0 Å². The van der Waals surface area contributed by atoms with Gasteiger partial charge in [0.25, 0.3) is 5.56 Å². The summed E-state index contributed by atoms with van der Waals surface area (Å²) in [6.45, 7) is 10.2. The Morgan fingerprint density at radius 1 is 1.24 bits per heavy atom. The summed E-state index contributed by atoms with van der Waals surface area (Å²) in [5, 5.41) is 0.937. The van der Waals surface area contributed by atoms with Crippen molar-refractivity contribution in [2.75, 3.05) is 13.1 Å². The molecule has 2 aliphatic heterocycles. The topological polar surface area (TPSA) is 64.4 Å². The summed E-state index contributed by atoms with van der Waals surface area (Å²) in [4.78, 5) is 35.9. The van der Waals surface area contributed by atoms with Crippen LogP contribution in [0.3, 0.4) is 0 Å². The first-order valence-corrected chi connectivity index (χ1v) is 13.7. The van der Waals surface area contributed by atoms with Crippen LogP contribution in [0.25, 0.3) is 15.9 Å². The predicted octanol–water partition coefficient (Wildman–Crippen LogP) is 5.10. The highest BCUT2D eigenvalue weighted by atomic mass is 32.2. The van der Waals surface area contributed by atoms with Gasteiger partial charge in [-0.15, -0.1) is 11.3 Å². The summed E-state index contributed by atoms with van der Waals surface area (Å²) in [6.07, 6.45) is 3.98. The van der Waals surface area contributed by atoms with Gasteiger partial charge in [-0.3, -0.25) is 14.2 Å². The number of carbonyl (C=O) groups is 1. The van der Waals surface area contributed by atoms with Crippen LogP contribution in [0, 0.1) is 6.92 Å². The van der Waals surface area contributed by atoms with E-state index in [0.717, 1.165) is 52.5 Å². The van der Waals surface area contributed by atoms with Crippen molar-refractivity contribution in [3.63, 3.8) is 0 Å². The molecule has 4 heterocycles. The highest BCUT2D eigenvalue weighted by Crippen LogP contribution is 2.38. The molecule has 0 radical (unpaired) electrons. The molecule has 1 fully saturated rings. The molecule has 180 valence electrons. The Bertz CT molecular complexity index is 1300. The van der Waals surface area contributed by atoms with Crippen LogP contribution in [0.5, 0.6) is 0 Å². The van der Waals surface area contributed by atoms with Gasteiger partial charge in [0.05, 0.1) is 28.5 Å². The molecule has 3 aromatic rings. The van der Waals surface area contributed by atoms with Crippen LogP contribution in [0.15, 0.2) is 34.2 Å². The highest BCUT2D eigenvalue weighted by Gasteiger charge is 2.32. The van der Waals surface area contributed by atoms with Gasteiger partial charge in [-0.05, 0) is 70.2 Å². The minimum atomic E-state index is -0.324. The molecule has 0 N–H and O–H groups in total. The zero-order chi connectivity index (χ0) is 24.0. The number of rotatable bonds is 4. The SMILES string of the molecule is Cc1cccc(-n2c(S[C@@H](C)C(=O)N3CCCCC3)nc3sc4c(c3c2=O)CC(C)(C)OC4)c1. The Labute approximate surface area is 208 Å². The molecule has 1 amide bonds. The minimum absolute atomic E-state index is 0.0640. The summed E-state index contributed by atoms with van der Waals surface area (Å²) in [6, 6.07) is 7.91. The van der Waals surface area contributed by atoms with E-state index in [1.807, 2.05) is 43.0 Å². The van der Waals surface area contributed by atoms with Crippen molar-refractivity contribution in [1.82, 2.24) is 14.5 Å². The first-order chi connectivity index (χ1) is 16.2. The average Bonchev–Trinajstić information content (AvgIpc) is 3.15. The number of fused-ring (bicyclic) bond motifs is 3. The molecule has 1 atom stereocenters. The number of likely N-dealkylation sites (tertiary alicyclic amines) is 1. The Hall–Kier alpha value is -2.16. The van der Waals surface area contributed by atoms with Gasteiger partial charge in [0.15, 0.2) is 5.16 Å². The monoisotopic (exact) mass is 497 g/mol. The third-order valence-corrected chi connectivity index (χ3v) is 8.77. The second-order valence-corrected chi connectivity index (χ2v) is 12.3. The number of hydrogen-bond acceptors (Lipinski definition) is 6. The van der Waals surface area contributed by atoms with E-state index in [1.165, 1.54) is 18.2 Å². The largest absolute Gasteiger partial charge is 0.370 e. The van der Waals surface area contributed by atoms with E-state index in [9.17, 15) is 9.59 Å². The van der Waals surface area contributed by atoms with Crippen LogP contribution in [-0.2, 0) is 22.6 Å². The van der Waals surface area contributed by atoms with Crippen molar-refractivity contribution < 1.29 is 9.53 Å². The van der Waals surface area contributed by atoms with Gasteiger partial charge in [-0.2, -0.15) is 0 Å². The van der Waals surface area contributed by atoms with Crippen LogP contribution in [-0.4, -0.2) is 44.3 Å². The first kappa shape index (κ1) is 23.6. The van der Waals surface area contributed by atoms with Gasteiger partial charge in [-0.1, -0.05) is 23.9 Å². The predicted molar refractivity (Wildman–Crippen MR) is 138 cm³/mol. The molecule has 2 aromatic heterocycles. The lowest BCUT2D eigenvalue weighted by atomic mass is 9.94. The van der Waals surface area contributed by atoms with Crippen LogP contribution < -0.4 is 5.56 Å². The van der Waals surface area contributed by atoms with Crippen LogP contribution >= 0.6 is 23.1 Å². The number of thioether (sulfide) groups is 1. The molecule has 0 bridgehead atoms. The Kier molecular flexibility index (Phi) is 6.33. The van der Waals surface area contributed by atoms with Crippen molar-refractivity contribution in [1.29, 1.82) is 0 Å². The van der Waals surface area contributed by atoms with E-state index in [-0.39, 0.29) is 22.3 Å². The van der Waals surface area contributed by atoms with E-state index < -0.39 is 0 Å². The number of benzene rings is 1. The van der Waals surface area contributed by atoms with E-state index >= 15 is 0 Å². The molecule has 1 saturated heterocycles. The summed E-state index contributed by atoms with van der Waals surface area (Å²) in [5.74, 6) is 0.121. The van der Waals surface area contributed by atoms with Gasteiger partial charge in [0, 0.05) is 24.4 Å². The third kappa shape index (κ3) is 4.43. The van der Waals surface area contributed by atoms with Crippen molar-refractivity contribution in [3.05, 3.63) is 50.6 Å². The molecule has 6 nitrogen and oxygen atoms in total. The van der Waals surface area contributed by atoms with Gasteiger partial charge in [0.1, 0.15) is 4.83 Å². The Morgan fingerprint density at radius 3 is 2.74 bits per heavy atom.